The zero-order valence-corrected chi connectivity index (χ0v) is 12.2. The summed E-state index contributed by atoms with van der Waals surface area (Å²) in [5, 5.41) is 0.829. The molecule has 0 atom stereocenters. The molecule has 1 aromatic heterocycles. The van der Waals surface area contributed by atoms with Crippen LogP contribution in [0.1, 0.15) is 27.6 Å². The molecule has 0 bridgehead atoms. The number of ether oxygens (including phenoxy) is 1. The minimum Gasteiger partial charge on any atom is -0.462 e. The Bertz CT molecular complexity index is 834. The van der Waals surface area contributed by atoms with E-state index in [2.05, 4.69) is 0 Å². The van der Waals surface area contributed by atoms with Gasteiger partial charge in [-0.2, -0.15) is 0 Å². The maximum atomic E-state index is 12.5. The summed E-state index contributed by atoms with van der Waals surface area (Å²) in [5.74, 6) is -0.453. The van der Waals surface area contributed by atoms with E-state index in [1.54, 1.807) is 48.0 Å². The molecular formula is C18H15NO3. The molecule has 22 heavy (non-hydrogen) atoms. The Morgan fingerprint density at radius 1 is 1.00 bits per heavy atom. The topological polar surface area (TPSA) is 48.3 Å². The molecule has 4 heteroatoms. The predicted octanol–water partition coefficient (Wildman–Crippen LogP) is 3.51. The molecule has 0 spiro atoms. The van der Waals surface area contributed by atoms with Crippen LogP contribution in [-0.4, -0.2) is 23.1 Å². The average Bonchev–Trinajstić information content (AvgIpc) is 2.98. The number of esters is 1. The number of carbonyl (C=O) groups is 2. The van der Waals surface area contributed by atoms with Crippen molar-refractivity contribution in [2.45, 2.75) is 6.92 Å². The molecule has 0 saturated carbocycles. The fourth-order valence-electron chi connectivity index (χ4n) is 2.38. The number of benzene rings is 2. The maximum Gasteiger partial charge on any atom is 0.338 e. The van der Waals surface area contributed by atoms with E-state index < -0.39 is 0 Å². The fraction of sp³-hybridized carbons (Fsp3) is 0.111. The maximum absolute atomic E-state index is 12.5. The molecule has 0 fully saturated rings. The van der Waals surface area contributed by atoms with Crippen molar-refractivity contribution in [3.8, 4) is 0 Å². The first kappa shape index (κ1) is 14.1. The second-order valence-corrected chi connectivity index (χ2v) is 4.85. The summed E-state index contributed by atoms with van der Waals surface area (Å²) in [5.41, 5.74) is 1.87. The van der Waals surface area contributed by atoms with Crippen molar-refractivity contribution in [3.63, 3.8) is 0 Å². The van der Waals surface area contributed by atoms with Crippen LogP contribution < -0.4 is 0 Å². The molecule has 0 radical (unpaired) electrons. The number of hydrogen-bond acceptors (Lipinski definition) is 3. The Balaban J connectivity index is 2.00. The van der Waals surface area contributed by atoms with E-state index in [1.807, 2.05) is 24.3 Å². The molecule has 1 heterocycles. The van der Waals surface area contributed by atoms with Crippen molar-refractivity contribution >= 4 is 22.8 Å². The highest BCUT2D eigenvalue weighted by Crippen LogP contribution is 2.19. The SMILES string of the molecule is CCOC(=O)c1ccc2c(ccn2C(=O)c2ccccc2)c1. The van der Waals surface area contributed by atoms with Crippen molar-refractivity contribution < 1.29 is 14.3 Å². The zero-order chi connectivity index (χ0) is 15.5. The minimum atomic E-state index is -0.355. The Morgan fingerprint density at radius 2 is 1.77 bits per heavy atom. The van der Waals surface area contributed by atoms with Gasteiger partial charge >= 0.3 is 5.97 Å². The van der Waals surface area contributed by atoms with E-state index in [9.17, 15) is 9.59 Å². The van der Waals surface area contributed by atoms with Crippen LogP contribution in [-0.2, 0) is 4.74 Å². The van der Waals surface area contributed by atoms with Crippen LogP contribution >= 0.6 is 0 Å². The molecule has 0 aliphatic carbocycles. The molecule has 110 valence electrons. The zero-order valence-electron chi connectivity index (χ0n) is 12.2. The van der Waals surface area contributed by atoms with Gasteiger partial charge in [0.2, 0.25) is 0 Å². The van der Waals surface area contributed by atoms with Gasteiger partial charge in [0.1, 0.15) is 0 Å². The second-order valence-electron chi connectivity index (χ2n) is 4.85. The summed E-state index contributed by atoms with van der Waals surface area (Å²) < 4.78 is 6.57. The Hall–Kier alpha value is -2.88. The van der Waals surface area contributed by atoms with Crippen molar-refractivity contribution in [1.29, 1.82) is 0 Å². The van der Waals surface area contributed by atoms with E-state index in [-0.39, 0.29) is 11.9 Å². The lowest BCUT2D eigenvalue weighted by molar-refractivity contribution is 0.0526. The Morgan fingerprint density at radius 3 is 2.50 bits per heavy atom. The van der Waals surface area contributed by atoms with Gasteiger partial charge in [0.15, 0.2) is 0 Å². The van der Waals surface area contributed by atoms with Crippen LogP contribution in [0.3, 0.4) is 0 Å². The van der Waals surface area contributed by atoms with Gasteiger partial charge in [0.25, 0.3) is 5.91 Å². The molecule has 2 aromatic carbocycles. The molecule has 0 saturated heterocycles. The molecule has 0 amide bonds. The number of fused-ring (bicyclic) bond motifs is 1. The summed E-state index contributed by atoms with van der Waals surface area (Å²) in [7, 11) is 0. The molecule has 0 aliphatic rings. The van der Waals surface area contributed by atoms with Crippen molar-refractivity contribution in [2.24, 2.45) is 0 Å². The van der Waals surface area contributed by atoms with Gasteiger partial charge in [0, 0.05) is 17.1 Å². The number of aromatic nitrogens is 1. The minimum absolute atomic E-state index is 0.0977. The first-order chi connectivity index (χ1) is 10.7. The van der Waals surface area contributed by atoms with E-state index in [1.165, 1.54) is 0 Å². The van der Waals surface area contributed by atoms with Gasteiger partial charge < -0.3 is 4.74 Å². The molecule has 0 N–H and O–H groups in total. The van der Waals surface area contributed by atoms with E-state index in [0.29, 0.717) is 17.7 Å². The number of carbonyl (C=O) groups excluding carboxylic acids is 2. The number of hydrogen-bond donors (Lipinski definition) is 0. The van der Waals surface area contributed by atoms with Crippen LogP contribution in [0.15, 0.2) is 60.8 Å². The summed E-state index contributed by atoms with van der Waals surface area (Å²) in [4.78, 5) is 24.3. The van der Waals surface area contributed by atoms with Crippen LogP contribution in [0.5, 0.6) is 0 Å². The Kier molecular flexibility index (Phi) is 3.74. The highest BCUT2D eigenvalue weighted by Gasteiger charge is 2.13. The molecule has 3 rings (SSSR count). The first-order valence-corrected chi connectivity index (χ1v) is 7.08. The van der Waals surface area contributed by atoms with Crippen LogP contribution in [0.4, 0.5) is 0 Å². The van der Waals surface area contributed by atoms with Crippen molar-refractivity contribution in [2.75, 3.05) is 6.61 Å². The van der Waals surface area contributed by atoms with Crippen LogP contribution in [0.25, 0.3) is 10.9 Å². The lowest BCUT2D eigenvalue weighted by atomic mass is 10.1. The van der Waals surface area contributed by atoms with Gasteiger partial charge in [-0.3, -0.25) is 9.36 Å². The normalized spacial score (nSPS) is 10.6. The third kappa shape index (κ3) is 2.51. The predicted molar refractivity (Wildman–Crippen MR) is 84.1 cm³/mol. The van der Waals surface area contributed by atoms with Gasteiger partial charge in [-0.15, -0.1) is 0 Å². The highest BCUT2D eigenvalue weighted by atomic mass is 16.5. The highest BCUT2D eigenvalue weighted by molar-refractivity contribution is 6.03. The van der Waals surface area contributed by atoms with E-state index in [0.717, 1.165) is 10.9 Å². The molecular weight excluding hydrogens is 278 g/mol. The molecule has 3 aromatic rings. The molecule has 0 unspecified atom stereocenters. The lowest BCUT2D eigenvalue weighted by Gasteiger charge is -2.05. The monoisotopic (exact) mass is 293 g/mol. The molecule has 0 aliphatic heterocycles. The third-order valence-electron chi connectivity index (χ3n) is 3.44. The third-order valence-corrected chi connectivity index (χ3v) is 3.44. The summed E-state index contributed by atoms with van der Waals surface area (Å²) in [6.45, 7) is 2.11. The largest absolute Gasteiger partial charge is 0.462 e. The van der Waals surface area contributed by atoms with Crippen LogP contribution in [0.2, 0.25) is 0 Å². The standard InChI is InChI=1S/C18H15NO3/c1-2-22-18(21)15-8-9-16-14(12-15)10-11-19(16)17(20)13-6-4-3-5-7-13/h3-12H,2H2,1H3. The average molecular weight is 293 g/mol. The van der Waals surface area contributed by atoms with Gasteiger partial charge in [-0.25, -0.2) is 4.79 Å². The summed E-state index contributed by atoms with van der Waals surface area (Å²) in [6, 6.07) is 16.1. The quantitative estimate of drug-likeness (QED) is 0.694. The van der Waals surface area contributed by atoms with Crippen molar-refractivity contribution in [3.05, 3.63) is 71.9 Å². The van der Waals surface area contributed by atoms with Crippen LogP contribution in [0, 0.1) is 0 Å². The van der Waals surface area contributed by atoms with Crippen molar-refractivity contribution in [1.82, 2.24) is 4.57 Å². The number of rotatable bonds is 3. The summed E-state index contributed by atoms with van der Waals surface area (Å²) >= 11 is 0. The lowest BCUT2D eigenvalue weighted by Crippen LogP contribution is -2.10. The smallest absolute Gasteiger partial charge is 0.338 e. The summed E-state index contributed by atoms with van der Waals surface area (Å²) in [6.07, 6.45) is 1.72. The Labute approximate surface area is 127 Å². The van der Waals surface area contributed by atoms with E-state index in [4.69, 9.17) is 4.74 Å². The van der Waals surface area contributed by atoms with Gasteiger partial charge in [-0.05, 0) is 43.3 Å². The van der Waals surface area contributed by atoms with E-state index >= 15 is 0 Å². The van der Waals surface area contributed by atoms with Gasteiger partial charge in [0.05, 0.1) is 17.7 Å². The second kappa shape index (κ2) is 5.85. The fourth-order valence-corrected chi connectivity index (χ4v) is 2.38. The molecule has 4 nitrogen and oxygen atoms in total. The number of nitrogens with zero attached hydrogens (tertiary/aromatic N) is 1. The first-order valence-electron chi connectivity index (χ1n) is 7.08. The van der Waals surface area contributed by atoms with Gasteiger partial charge in [-0.1, -0.05) is 18.2 Å².